The van der Waals surface area contributed by atoms with Gasteiger partial charge in [0.1, 0.15) is 5.84 Å². The number of allylic oxidation sites excluding steroid dienone is 1. The van der Waals surface area contributed by atoms with Crippen LogP contribution in [-0.4, -0.2) is 5.84 Å². The molecular weight excluding hydrogens is 268 g/mol. The molecule has 0 unspecified atom stereocenters. The van der Waals surface area contributed by atoms with Crippen LogP contribution in [0.2, 0.25) is 0 Å². The number of hydrogen-bond acceptors (Lipinski definition) is 1. The SMILES string of the molecule is C/C=C\c1cc(C(=N)N)ccc1C.CCc1cccc(C)c1. The number of nitrogens with one attached hydrogen (secondary N) is 1. The van der Waals surface area contributed by atoms with Crippen LogP contribution in [0.25, 0.3) is 6.08 Å². The Balaban J connectivity index is 0.000000235. The summed E-state index contributed by atoms with van der Waals surface area (Å²) in [6.07, 6.45) is 5.13. The molecule has 0 aliphatic heterocycles. The van der Waals surface area contributed by atoms with Crippen molar-refractivity contribution in [3.8, 4) is 0 Å². The van der Waals surface area contributed by atoms with Crippen molar-refractivity contribution < 1.29 is 0 Å². The van der Waals surface area contributed by atoms with E-state index in [-0.39, 0.29) is 5.84 Å². The largest absolute Gasteiger partial charge is 0.384 e. The van der Waals surface area contributed by atoms with Gasteiger partial charge < -0.3 is 5.73 Å². The Bertz CT molecular complexity index is 655. The second-order valence-electron chi connectivity index (χ2n) is 5.33. The third-order valence-electron chi connectivity index (χ3n) is 3.43. The van der Waals surface area contributed by atoms with Gasteiger partial charge in [-0.25, -0.2) is 0 Å². The number of hydrogen-bond donors (Lipinski definition) is 2. The third-order valence-corrected chi connectivity index (χ3v) is 3.43. The van der Waals surface area contributed by atoms with Crippen LogP contribution >= 0.6 is 0 Å². The van der Waals surface area contributed by atoms with E-state index >= 15 is 0 Å². The van der Waals surface area contributed by atoms with Gasteiger partial charge in [0.15, 0.2) is 0 Å². The summed E-state index contributed by atoms with van der Waals surface area (Å²) in [4.78, 5) is 0. The van der Waals surface area contributed by atoms with Crippen LogP contribution in [-0.2, 0) is 6.42 Å². The number of amidine groups is 1. The second kappa shape index (κ2) is 8.83. The molecular formula is C20H26N2. The number of aryl methyl sites for hydroxylation is 3. The lowest BCUT2D eigenvalue weighted by atomic mass is 10.0. The quantitative estimate of drug-likeness (QED) is 0.616. The molecule has 2 aromatic rings. The average Bonchev–Trinajstić information content (AvgIpc) is 2.50. The van der Waals surface area contributed by atoms with E-state index in [1.807, 2.05) is 44.2 Å². The average molecular weight is 294 g/mol. The Morgan fingerprint density at radius 1 is 1.14 bits per heavy atom. The highest BCUT2D eigenvalue weighted by Crippen LogP contribution is 2.12. The van der Waals surface area contributed by atoms with Crippen molar-refractivity contribution >= 4 is 11.9 Å². The summed E-state index contributed by atoms with van der Waals surface area (Å²) in [5.41, 5.74) is 11.3. The van der Waals surface area contributed by atoms with Crippen LogP contribution in [0.3, 0.4) is 0 Å². The molecule has 0 aliphatic carbocycles. The Kier molecular flexibility index (Phi) is 7.11. The van der Waals surface area contributed by atoms with E-state index < -0.39 is 0 Å². The van der Waals surface area contributed by atoms with Crippen molar-refractivity contribution in [1.29, 1.82) is 5.41 Å². The molecule has 3 N–H and O–H groups in total. The molecule has 2 aromatic carbocycles. The van der Waals surface area contributed by atoms with Crippen molar-refractivity contribution in [2.75, 3.05) is 0 Å². The first-order chi connectivity index (χ1) is 10.5. The molecule has 0 saturated carbocycles. The van der Waals surface area contributed by atoms with E-state index in [4.69, 9.17) is 11.1 Å². The van der Waals surface area contributed by atoms with E-state index in [1.54, 1.807) is 0 Å². The maximum Gasteiger partial charge on any atom is 0.122 e. The molecule has 0 fully saturated rings. The summed E-state index contributed by atoms with van der Waals surface area (Å²) in [6.45, 7) is 8.31. The second-order valence-corrected chi connectivity index (χ2v) is 5.33. The molecule has 0 saturated heterocycles. The smallest absolute Gasteiger partial charge is 0.122 e. The van der Waals surface area contributed by atoms with E-state index in [0.29, 0.717) is 0 Å². The molecule has 0 bridgehead atoms. The molecule has 0 radical (unpaired) electrons. The highest BCUT2D eigenvalue weighted by atomic mass is 14.7. The minimum absolute atomic E-state index is 0.116. The van der Waals surface area contributed by atoms with E-state index in [9.17, 15) is 0 Å². The molecule has 0 amide bonds. The van der Waals surface area contributed by atoms with Gasteiger partial charge in [-0.1, -0.05) is 61.0 Å². The van der Waals surface area contributed by atoms with Crippen molar-refractivity contribution in [3.63, 3.8) is 0 Å². The standard InChI is InChI=1S/C11H14N2.C9H12/c1-3-4-9-7-10(11(12)13)6-5-8(9)2;1-3-9-6-4-5-8(2)7-9/h3-7H,1-2H3,(H3,12,13);4-7H,3H2,1-2H3/b4-3-;. The Hall–Kier alpha value is -2.35. The van der Waals surface area contributed by atoms with Crippen LogP contribution in [0, 0.1) is 19.3 Å². The van der Waals surface area contributed by atoms with E-state index in [2.05, 4.69) is 38.1 Å². The van der Waals surface area contributed by atoms with Crippen LogP contribution in [0.4, 0.5) is 0 Å². The topological polar surface area (TPSA) is 49.9 Å². The summed E-state index contributed by atoms with van der Waals surface area (Å²) < 4.78 is 0. The molecule has 22 heavy (non-hydrogen) atoms. The molecule has 2 rings (SSSR count). The third kappa shape index (κ3) is 5.57. The zero-order chi connectivity index (χ0) is 16.5. The zero-order valence-electron chi connectivity index (χ0n) is 14.0. The van der Waals surface area contributed by atoms with Gasteiger partial charge in [0, 0.05) is 5.56 Å². The minimum atomic E-state index is 0.116. The van der Waals surface area contributed by atoms with Gasteiger partial charge in [-0.05, 0) is 49.9 Å². The molecule has 0 aromatic heterocycles. The summed E-state index contributed by atoms with van der Waals surface area (Å²) in [5.74, 6) is 0.116. The zero-order valence-corrected chi connectivity index (χ0v) is 14.0. The summed E-state index contributed by atoms with van der Waals surface area (Å²) in [5, 5.41) is 7.29. The number of nitrogens with two attached hydrogens (primary N) is 1. The normalized spacial score (nSPS) is 10.2. The number of nitrogen functional groups attached to an aromatic ring is 1. The Labute approximate surface area is 134 Å². The summed E-state index contributed by atoms with van der Waals surface area (Å²) in [7, 11) is 0. The Morgan fingerprint density at radius 3 is 2.36 bits per heavy atom. The van der Waals surface area contributed by atoms with Crippen molar-refractivity contribution in [2.24, 2.45) is 5.73 Å². The monoisotopic (exact) mass is 294 g/mol. The molecule has 2 nitrogen and oxygen atoms in total. The van der Waals surface area contributed by atoms with Gasteiger partial charge in [0.05, 0.1) is 0 Å². The van der Waals surface area contributed by atoms with Gasteiger partial charge in [-0.2, -0.15) is 0 Å². The number of rotatable bonds is 3. The van der Waals surface area contributed by atoms with Crippen molar-refractivity contribution in [1.82, 2.24) is 0 Å². The van der Waals surface area contributed by atoms with Crippen LogP contribution in [0.5, 0.6) is 0 Å². The molecule has 0 heterocycles. The fourth-order valence-electron chi connectivity index (χ4n) is 2.10. The summed E-state index contributed by atoms with van der Waals surface area (Å²) >= 11 is 0. The highest BCUT2D eigenvalue weighted by Gasteiger charge is 1.99. The van der Waals surface area contributed by atoms with Gasteiger partial charge >= 0.3 is 0 Å². The number of benzene rings is 2. The maximum absolute atomic E-state index is 7.29. The Morgan fingerprint density at radius 2 is 1.86 bits per heavy atom. The van der Waals surface area contributed by atoms with Crippen LogP contribution in [0.1, 0.15) is 41.7 Å². The highest BCUT2D eigenvalue weighted by molar-refractivity contribution is 5.95. The molecule has 0 spiro atoms. The predicted molar refractivity (Wildman–Crippen MR) is 97.5 cm³/mol. The lowest BCUT2D eigenvalue weighted by Gasteiger charge is -2.03. The van der Waals surface area contributed by atoms with Gasteiger partial charge in [-0.15, -0.1) is 0 Å². The lowest BCUT2D eigenvalue weighted by Crippen LogP contribution is -2.11. The minimum Gasteiger partial charge on any atom is -0.384 e. The van der Waals surface area contributed by atoms with Gasteiger partial charge in [-0.3, -0.25) is 5.41 Å². The predicted octanol–water partition coefficient (Wildman–Crippen LogP) is 4.87. The van der Waals surface area contributed by atoms with Crippen molar-refractivity contribution in [2.45, 2.75) is 34.1 Å². The van der Waals surface area contributed by atoms with Crippen molar-refractivity contribution in [3.05, 3.63) is 76.4 Å². The molecule has 116 valence electrons. The van der Waals surface area contributed by atoms with Crippen LogP contribution in [0.15, 0.2) is 48.5 Å². The first-order valence-electron chi connectivity index (χ1n) is 7.61. The van der Waals surface area contributed by atoms with Crippen LogP contribution < -0.4 is 5.73 Å². The van der Waals surface area contributed by atoms with E-state index in [0.717, 1.165) is 17.5 Å². The summed E-state index contributed by atoms with van der Waals surface area (Å²) in [6, 6.07) is 14.4. The van der Waals surface area contributed by atoms with Gasteiger partial charge in [0.2, 0.25) is 0 Å². The van der Waals surface area contributed by atoms with E-state index in [1.165, 1.54) is 16.7 Å². The fraction of sp³-hybridized carbons (Fsp3) is 0.250. The molecule has 2 heteroatoms. The first-order valence-corrected chi connectivity index (χ1v) is 7.61. The van der Waals surface area contributed by atoms with Gasteiger partial charge in [0.25, 0.3) is 0 Å². The molecule has 0 atom stereocenters. The maximum atomic E-state index is 7.29. The molecule has 0 aliphatic rings. The lowest BCUT2D eigenvalue weighted by molar-refractivity contribution is 1.13. The fourth-order valence-corrected chi connectivity index (χ4v) is 2.10. The first kappa shape index (κ1) is 17.7.